The van der Waals surface area contributed by atoms with Crippen LogP contribution < -0.4 is 11.1 Å². The third-order valence-electron chi connectivity index (χ3n) is 2.48. The van der Waals surface area contributed by atoms with Crippen molar-refractivity contribution in [1.29, 1.82) is 0 Å². The average molecular weight is 302 g/mol. The van der Waals surface area contributed by atoms with Crippen LogP contribution in [-0.2, 0) is 0 Å². The van der Waals surface area contributed by atoms with E-state index in [1.807, 2.05) is 0 Å². The number of nitrogens with one attached hydrogen (secondary N) is 1. The molecular weight excluding hydrogens is 288 g/mol. The molecule has 0 aliphatic carbocycles. The number of hydrogen-bond acceptors (Lipinski definition) is 2. The van der Waals surface area contributed by atoms with Crippen LogP contribution >= 0.6 is 0 Å². The first-order chi connectivity index (χ1) is 9.83. The zero-order valence-corrected chi connectivity index (χ0v) is 11.1. The van der Waals surface area contributed by atoms with Crippen LogP contribution in [0.4, 0.5) is 17.6 Å². The number of carbonyl (C=O) groups is 1. The molecule has 7 heteroatoms. The van der Waals surface area contributed by atoms with Crippen LogP contribution in [0.25, 0.3) is 0 Å². The Morgan fingerprint density at radius 1 is 1.33 bits per heavy atom. The number of nitrogens with two attached hydrogens (primary N) is 1. The minimum atomic E-state index is -4.25. The fraction of sp³-hybridized carbons (Fsp3) is 0.357. The van der Waals surface area contributed by atoms with Gasteiger partial charge < -0.3 is 11.1 Å². The third kappa shape index (κ3) is 6.27. The summed E-state index contributed by atoms with van der Waals surface area (Å²) in [4.78, 5) is 11.6. The van der Waals surface area contributed by atoms with Crippen molar-refractivity contribution in [2.45, 2.75) is 19.0 Å². The third-order valence-corrected chi connectivity index (χ3v) is 2.48. The Balaban J connectivity index is 2.57. The van der Waals surface area contributed by atoms with Gasteiger partial charge in [0.05, 0.1) is 12.1 Å². The smallest absolute Gasteiger partial charge is 0.352 e. The number of amides is 1. The quantitative estimate of drug-likeness (QED) is 0.509. The van der Waals surface area contributed by atoms with Gasteiger partial charge in [-0.1, -0.05) is 11.8 Å². The maximum absolute atomic E-state index is 13.6. The van der Waals surface area contributed by atoms with Gasteiger partial charge in [0, 0.05) is 18.5 Å². The van der Waals surface area contributed by atoms with Gasteiger partial charge >= 0.3 is 6.18 Å². The lowest BCUT2D eigenvalue weighted by Crippen LogP contribution is -2.25. The van der Waals surface area contributed by atoms with Crippen molar-refractivity contribution in [2.75, 3.05) is 13.1 Å². The first-order valence-corrected chi connectivity index (χ1v) is 6.17. The number of rotatable bonds is 4. The van der Waals surface area contributed by atoms with Gasteiger partial charge in [0.25, 0.3) is 5.91 Å². The molecule has 0 aromatic heterocycles. The second-order valence-electron chi connectivity index (χ2n) is 4.18. The molecule has 0 aliphatic rings. The van der Waals surface area contributed by atoms with Crippen LogP contribution in [-0.4, -0.2) is 25.2 Å². The van der Waals surface area contributed by atoms with Gasteiger partial charge in [-0.15, -0.1) is 0 Å². The predicted octanol–water partition coefficient (Wildman–Crippen LogP) is 2.21. The maximum atomic E-state index is 13.6. The Labute approximate surface area is 119 Å². The molecule has 1 amide bonds. The zero-order valence-electron chi connectivity index (χ0n) is 11.1. The van der Waals surface area contributed by atoms with Gasteiger partial charge in [-0.25, -0.2) is 4.39 Å². The van der Waals surface area contributed by atoms with E-state index in [-0.39, 0.29) is 30.6 Å². The van der Waals surface area contributed by atoms with Crippen molar-refractivity contribution in [3.8, 4) is 11.8 Å². The van der Waals surface area contributed by atoms with Crippen molar-refractivity contribution in [3.05, 3.63) is 35.1 Å². The largest absolute Gasteiger partial charge is 0.389 e. The van der Waals surface area contributed by atoms with E-state index < -0.39 is 24.3 Å². The van der Waals surface area contributed by atoms with E-state index in [0.29, 0.717) is 0 Å². The van der Waals surface area contributed by atoms with Crippen LogP contribution in [0.5, 0.6) is 0 Å². The summed E-state index contributed by atoms with van der Waals surface area (Å²) in [5, 5.41) is 2.30. The molecule has 0 bridgehead atoms. The number of benzene rings is 1. The van der Waals surface area contributed by atoms with Gasteiger partial charge in [-0.3, -0.25) is 4.79 Å². The molecule has 0 saturated carbocycles. The fourth-order valence-electron chi connectivity index (χ4n) is 1.50. The van der Waals surface area contributed by atoms with E-state index in [1.165, 1.54) is 12.1 Å². The number of hydrogen-bond donors (Lipinski definition) is 2. The summed E-state index contributed by atoms with van der Waals surface area (Å²) in [6.07, 6.45) is -5.45. The molecule has 1 aromatic carbocycles. The Hall–Kier alpha value is -2.07. The molecule has 114 valence electrons. The zero-order chi connectivity index (χ0) is 15.9. The number of carbonyl (C=O) groups excluding carboxylic acids is 1. The van der Waals surface area contributed by atoms with Gasteiger partial charge in [-0.05, 0) is 24.6 Å². The van der Waals surface area contributed by atoms with E-state index in [2.05, 4.69) is 17.2 Å². The van der Waals surface area contributed by atoms with Crippen LogP contribution in [0, 0.1) is 17.7 Å². The molecule has 1 aromatic rings. The van der Waals surface area contributed by atoms with Gasteiger partial charge in [-0.2, -0.15) is 13.2 Å². The van der Waals surface area contributed by atoms with Crippen molar-refractivity contribution >= 4 is 5.91 Å². The van der Waals surface area contributed by atoms with E-state index in [0.717, 1.165) is 6.07 Å². The predicted molar refractivity (Wildman–Crippen MR) is 70.0 cm³/mol. The minimum Gasteiger partial charge on any atom is -0.352 e. The number of halogens is 4. The summed E-state index contributed by atoms with van der Waals surface area (Å²) in [6, 6.07) is 3.66. The van der Waals surface area contributed by atoms with E-state index in [9.17, 15) is 22.4 Å². The van der Waals surface area contributed by atoms with Gasteiger partial charge in [0.1, 0.15) is 5.82 Å². The molecule has 0 spiro atoms. The lowest BCUT2D eigenvalue weighted by molar-refractivity contribution is -0.135. The van der Waals surface area contributed by atoms with Crippen molar-refractivity contribution < 1.29 is 22.4 Å². The Kier molecular flexibility index (Phi) is 6.18. The normalized spacial score (nSPS) is 10.7. The standard InChI is InChI=1S/C14H14F4N2O/c15-12-9-11(5-4-10(12)3-1-7-19)13(21)20-8-2-6-14(16,17)18/h4-5,9H,2,6-8,19H2,(H,20,21). The molecule has 0 unspecified atom stereocenters. The second-order valence-corrected chi connectivity index (χ2v) is 4.18. The summed E-state index contributed by atoms with van der Waals surface area (Å²) >= 11 is 0. The first kappa shape index (κ1) is 17.0. The van der Waals surface area contributed by atoms with E-state index >= 15 is 0 Å². The highest BCUT2D eigenvalue weighted by molar-refractivity contribution is 5.94. The van der Waals surface area contributed by atoms with Crippen molar-refractivity contribution in [1.82, 2.24) is 5.32 Å². The van der Waals surface area contributed by atoms with Crippen molar-refractivity contribution in [3.63, 3.8) is 0 Å². The monoisotopic (exact) mass is 302 g/mol. The van der Waals surface area contributed by atoms with Crippen LogP contribution in [0.2, 0.25) is 0 Å². The molecule has 1 rings (SSSR count). The summed E-state index contributed by atoms with van der Waals surface area (Å²) in [6.45, 7) is -0.0461. The minimum absolute atomic E-state index is 0.0257. The summed E-state index contributed by atoms with van der Waals surface area (Å²) in [5.41, 5.74) is 5.29. The average Bonchev–Trinajstić information content (AvgIpc) is 2.41. The maximum Gasteiger partial charge on any atom is 0.389 e. The molecular formula is C14H14F4N2O. The van der Waals surface area contributed by atoms with Crippen LogP contribution in [0.3, 0.4) is 0 Å². The molecule has 3 nitrogen and oxygen atoms in total. The SMILES string of the molecule is NCC#Cc1ccc(C(=O)NCCCC(F)(F)F)cc1F. The fourth-order valence-corrected chi connectivity index (χ4v) is 1.50. The Morgan fingerprint density at radius 3 is 2.62 bits per heavy atom. The molecule has 0 fully saturated rings. The van der Waals surface area contributed by atoms with E-state index in [4.69, 9.17) is 5.73 Å². The topological polar surface area (TPSA) is 55.1 Å². The Bertz CT molecular complexity index is 558. The van der Waals surface area contributed by atoms with Crippen LogP contribution in [0.1, 0.15) is 28.8 Å². The van der Waals surface area contributed by atoms with Gasteiger partial charge in [0.15, 0.2) is 0 Å². The molecule has 0 saturated heterocycles. The highest BCUT2D eigenvalue weighted by Crippen LogP contribution is 2.20. The first-order valence-electron chi connectivity index (χ1n) is 6.17. The Morgan fingerprint density at radius 2 is 2.05 bits per heavy atom. The van der Waals surface area contributed by atoms with E-state index in [1.54, 1.807) is 0 Å². The summed E-state index contributed by atoms with van der Waals surface area (Å²) < 4.78 is 49.4. The van der Waals surface area contributed by atoms with Gasteiger partial charge in [0.2, 0.25) is 0 Å². The summed E-state index contributed by atoms with van der Waals surface area (Å²) in [5.74, 6) is 3.67. The molecule has 0 atom stereocenters. The second kappa shape index (κ2) is 7.64. The summed E-state index contributed by atoms with van der Waals surface area (Å²) in [7, 11) is 0. The molecule has 0 radical (unpaired) electrons. The molecule has 21 heavy (non-hydrogen) atoms. The molecule has 3 N–H and O–H groups in total. The lowest BCUT2D eigenvalue weighted by atomic mass is 10.1. The van der Waals surface area contributed by atoms with Crippen LogP contribution in [0.15, 0.2) is 18.2 Å². The highest BCUT2D eigenvalue weighted by Gasteiger charge is 2.26. The molecule has 0 heterocycles. The lowest BCUT2D eigenvalue weighted by Gasteiger charge is -2.08. The number of alkyl halides is 3. The van der Waals surface area contributed by atoms with Crippen molar-refractivity contribution in [2.24, 2.45) is 5.73 Å². The molecule has 0 aliphatic heterocycles. The highest BCUT2D eigenvalue weighted by atomic mass is 19.4.